The molecule has 2 unspecified atom stereocenters. The minimum absolute atomic E-state index is 0.255. The van der Waals surface area contributed by atoms with Crippen molar-refractivity contribution in [3.05, 3.63) is 29.3 Å². The van der Waals surface area contributed by atoms with Gasteiger partial charge in [-0.15, -0.1) is 0 Å². The van der Waals surface area contributed by atoms with Crippen LogP contribution in [0.4, 0.5) is 5.69 Å². The number of aliphatic hydroxyl groups excluding tert-OH is 1. The van der Waals surface area contributed by atoms with Gasteiger partial charge in [0.2, 0.25) is 0 Å². The number of nitrogens with zero attached hydrogens (tertiary/aromatic N) is 1. The molecule has 106 valence electrons. The predicted octanol–water partition coefficient (Wildman–Crippen LogP) is 2.24. The molecule has 19 heavy (non-hydrogen) atoms. The topological polar surface area (TPSA) is 35.5 Å². The molecule has 1 heterocycles. The summed E-state index contributed by atoms with van der Waals surface area (Å²) in [6, 6.07) is 7.42. The molecule has 1 aliphatic heterocycles. The van der Waals surface area contributed by atoms with E-state index in [-0.39, 0.29) is 6.61 Å². The van der Waals surface area contributed by atoms with E-state index in [1.54, 1.807) is 0 Å². The maximum Gasteiger partial charge on any atom is 0.0446 e. The molecule has 0 amide bonds. The van der Waals surface area contributed by atoms with Gasteiger partial charge in [0.15, 0.2) is 0 Å². The van der Waals surface area contributed by atoms with Crippen molar-refractivity contribution >= 4 is 5.69 Å². The second-order valence-corrected chi connectivity index (χ2v) is 5.73. The lowest BCUT2D eigenvalue weighted by atomic mass is 10.1. The summed E-state index contributed by atoms with van der Waals surface area (Å²) in [6.07, 6.45) is 1.97. The van der Waals surface area contributed by atoms with Crippen molar-refractivity contribution in [1.29, 1.82) is 0 Å². The van der Waals surface area contributed by atoms with Gasteiger partial charge in [0.25, 0.3) is 0 Å². The third-order valence-electron chi connectivity index (χ3n) is 4.19. The van der Waals surface area contributed by atoms with Crippen molar-refractivity contribution in [2.24, 2.45) is 0 Å². The van der Waals surface area contributed by atoms with Gasteiger partial charge in [-0.2, -0.15) is 0 Å². The summed E-state index contributed by atoms with van der Waals surface area (Å²) < 4.78 is 0. The summed E-state index contributed by atoms with van der Waals surface area (Å²) in [6.45, 7) is 8.92. The Hall–Kier alpha value is -1.06. The highest BCUT2D eigenvalue weighted by atomic mass is 16.3. The molecule has 0 spiro atoms. The van der Waals surface area contributed by atoms with Gasteiger partial charge in [-0.05, 0) is 50.8 Å². The van der Waals surface area contributed by atoms with Gasteiger partial charge in [-0.25, -0.2) is 0 Å². The normalized spacial score (nSPS) is 24.3. The van der Waals surface area contributed by atoms with Crippen LogP contribution in [0.1, 0.15) is 30.9 Å². The van der Waals surface area contributed by atoms with Crippen molar-refractivity contribution in [2.45, 2.75) is 45.7 Å². The van der Waals surface area contributed by atoms with E-state index in [0.29, 0.717) is 12.1 Å². The predicted molar refractivity (Wildman–Crippen MR) is 80.8 cm³/mol. The van der Waals surface area contributed by atoms with Gasteiger partial charge in [0, 0.05) is 37.5 Å². The molecule has 0 aliphatic carbocycles. The SMILES string of the molecule is Cc1cccc(N2CCC(C)NC(CCO)C2)c1C. The molecule has 0 saturated carbocycles. The summed E-state index contributed by atoms with van der Waals surface area (Å²) in [4.78, 5) is 2.47. The first-order valence-electron chi connectivity index (χ1n) is 7.30. The van der Waals surface area contributed by atoms with Crippen LogP contribution in [0.15, 0.2) is 18.2 Å². The smallest absolute Gasteiger partial charge is 0.0446 e. The molecule has 1 aliphatic rings. The van der Waals surface area contributed by atoms with Gasteiger partial charge in [-0.3, -0.25) is 0 Å². The average Bonchev–Trinajstić information content (AvgIpc) is 2.55. The van der Waals surface area contributed by atoms with E-state index in [1.165, 1.54) is 16.8 Å². The summed E-state index contributed by atoms with van der Waals surface area (Å²) in [7, 11) is 0. The zero-order valence-electron chi connectivity index (χ0n) is 12.3. The summed E-state index contributed by atoms with van der Waals surface area (Å²) in [5.74, 6) is 0. The lowest BCUT2D eigenvalue weighted by Crippen LogP contribution is -2.41. The van der Waals surface area contributed by atoms with Crippen molar-refractivity contribution < 1.29 is 5.11 Å². The fourth-order valence-corrected chi connectivity index (χ4v) is 2.87. The van der Waals surface area contributed by atoms with Crippen LogP contribution in [0, 0.1) is 13.8 Å². The van der Waals surface area contributed by atoms with Crippen LogP contribution >= 0.6 is 0 Å². The van der Waals surface area contributed by atoms with E-state index in [4.69, 9.17) is 0 Å². The first-order chi connectivity index (χ1) is 9.11. The Morgan fingerprint density at radius 3 is 2.89 bits per heavy atom. The van der Waals surface area contributed by atoms with Gasteiger partial charge in [0.1, 0.15) is 0 Å². The Morgan fingerprint density at radius 2 is 2.16 bits per heavy atom. The lowest BCUT2D eigenvalue weighted by Gasteiger charge is -2.28. The number of anilines is 1. The van der Waals surface area contributed by atoms with Crippen LogP contribution < -0.4 is 10.2 Å². The Bertz CT molecular complexity index is 419. The first-order valence-corrected chi connectivity index (χ1v) is 7.30. The number of hydrogen-bond donors (Lipinski definition) is 2. The van der Waals surface area contributed by atoms with E-state index in [0.717, 1.165) is 25.9 Å². The van der Waals surface area contributed by atoms with Crippen LogP contribution in [0.2, 0.25) is 0 Å². The molecule has 1 saturated heterocycles. The molecule has 0 bridgehead atoms. The van der Waals surface area contributed by atoms with Gasteiger partial charge < -0.3 is 15.3 Å². The molecule has 2 atom stereocenters. The van der Waals surface area contributed by atoms with Gasteiger partial charge in [-0.1, -0.05) is 12.1 Å². The largest absolute Gasteiger partial charge is 0.396 e. The zero-order valence-corrected chi connectivity index (χ0v) is 12.3. The molecule has 0 radical (unpaired) electrons. The number of hydrogen-bond acceptors (Lipinski definition) is 3. The number of aryl methyl sites for hydroxylation is 1. The van der Waals surface area contributed by atoms with Crippen LogP contribution in [-0.2, 0) is 0 Å². The first kappa shape index (κ1) is 14.4. The summed E-state index contributed by atoms with van der Waals surface area (Å²) in [5.41, 5.74) is 4.07. The van der Waals surface area contributed by atoms with Gasteiger partial charge >= 0.3 is 0 Å². The molecular weight excluding hydrogens is 236 g/mol. The van der Waals surface area contributed by atoms with Crippen molar-refractivity contribution in [1.82, 2.24) is 5.32 Å². The number of nitrogens with one attached hydrogen (secondary N) is 1. The Morgan fingerprint density at radius 1 is 1.37 bits per heavy atom. The highest BCUT2D eigenvalue weighted by molar-refractivity contribution is 5.56. The Balaban J connectivity index is 2.20. The fourth-order valence-electron chi connectivity index (χ4n) is 2.87. The minimum Gasteiger partial charge on any atom is -0.396 e. The standard InChI is InChI=1S/C16H26N2O/c1-12-5-4-6-16(14(12)3)18-9-7-13(2)17-15(11-18)8-10-19/h4-6,13,15,17,19H,7-11H2,1-3H3. The second-order valence-electron chi connectivity index (χ2n) is 5.73. The quantitative estimate of drug-likeness (QED) is 0.877. The van der Waals surface area contributed by atoms with Crippen LogP contribution in [-0.4, -0.2) is 36.9 Å². The molecule has 1 aromatic carbocycles. The number of rotatable bonds is 3. The monoisotopic (exact) mass is 262 g/mol. The zero-order chi connectivity index (χ0) is 13.8. The molecule has 3 nitrogen and oxygen atoms in total. The van der Waals surface area contributed by atoms with E-state index >= 15 is 0 Å². The molecule has 3 heteroatoms. The minimum atomic E-state index is 0.255. The van der Waals surface area contributed by atoms with Crippen LogP contribution in [0.3, 0.4) is 0 Å². The van der Waals surface area contributed by atoms with Crippen molar-refractivity contribution in [3.8, 4) is 0 Å². The molecule has 2 rings (SSSR count). The summed E-state index contributed by atoms with van der Waals surface area (Å²) in [5, 5.41) is 12.8. The average molecular weight is 262 g/mol. The second kappa shape index (κ2) is 6.40. The van der Waals surface area contributed by atoms with Crippen LogP contribution in [0.5, 0.6) is 0 Å². The third-order valence-corrected chi connectivity index (χ3v) is 4.19. The molecular formula is C16H26N2O. The van der Waals surface area contributed by atoms with E-state index in [2.05, 4.69) is 49.2 Å². The molecule has 2 N–H and O–H groups in total. The third kappa shape index (κ3) is 3.48. The van der Waals surface area contributed by atoms with E-state index in [9.17, 15) is 5.11 Å². The van der Waals surface area contributed by atoms with Gasteiger partial charge in [0.05, 0.1) is 0 Å². The van der Waals surface area contributed by atoms with E-state index in [1.807, 2.05) is 0 Å². The Labute approximate surface area is 116 Å². The number of benzene rings is 1. The fraction of sp³-hybridized carbons (Fsp3) is 0.625. The van der Waals surface area contributed by atoms with Crippen molar-refractivity contribution in [3.63, 3.8) is 0 Å². The molecule has 1 aromatic rings. The lowest BCUT2D eigenvalue weighted by molar-refractivity contribution is 0.263. The maximum atomic E-state index is 9.19. The molecule has 0 aromatic heterocycles. The highest BCUT2D eigenvalue weighted by Crippen LogP contribution is 2.24. The van der Waals surface area contributed by atoms with Crippen molar-refractivity contribution in [2.75, 3.05) is 24.6 Å². The summed E-state index contributed by atoms with van der Waals surface area (Å²) >= 11 is 0. The Kier molecular flexibility index (Phi) is 4.83. The maximum absolute atomic E-state index is 9.19. The number of aliphatic hydroxyl groups is 1. The van der Waals surface area contributed by atoms with E-state index < -0.39 is 0 Å². The highest BCUT2D eigenvalue weighted by Gasteiger charge is 2.22. The molecule has 1 fully saturated rings. The van der Waals surface area contributed by atoms with Crippen LogP contribution in [0.25, 0.3) is 0 Å².